The second-order valence-corrected chi connectivity index (χ2v) is 12.2. The van der Waals surface area contributed by atoms with Crippen molar-refractivity contribution in [3.05, 3.63) is 50.8 Å². The molecule has 2 fully saturated rings. The third kappa shape index (κ3) is 6.04. The smallest absolute Gasteiger partial charge is 0.255 e. The number of hydrogen-bond donors (Lipinski definition) is 4. The number of thiazole rings is 1. The fourth-order valence-corrected chi connectivity index (χ4v) is 6.42. The van der Waals surface area contributed by atoms with E-state index in [-0.39, 0.29) is 17.8 Å². The Hall–Kier alpha value is -2.47. The molecule has 0 spiro atoms. The maximum atomic E-state index is 14.0. The van der Waals surface area contributed by atoms with E-state index in [2.05, 4.69) is 31.2 Å². The molecule has 3 aromatic rings. The second kappa shape index (κ2) is 12.4. The summed E-state index contributed by atoms with van der Waals surface area (Å²) >= 11 is 4.62. The van der Waals surface area contributed by atoms with Gasteiger partial charge in [0.1, 0.15) is 30.0 Å². The Kier molecular flexibility index (Phi) is 9.08. The molecule has 1 saturated heterocycles. The highest BCUT2D eigenvalue weighted by molar-refractivity contribution is 9.11. The van der Waals surface area contributed by atoms with Crippen LogP contribution in [-0.4, -0.2) is 94.4 Å². The van der Waals surface area contributed by atoms with E-state index < -0.39 is 72.6 Å². The summed E-state index contributed by atoms with van der Waals surface area (Å²) in [6.07, 6.45) is -3.30. The lowest BCUT2D eigenvalue weighted by Crippen LogP contribution is -2.62. The molecule has 3 heterocycles. The van der Waals surface area contributed by atoms with Gasteiger partial charge in [0.2, 0.25) is 0 Å². The topological polar surface area (TPSA) is 154 Å². The first kappa shape index (κ1) is 30.0. The predicted octanol–water partition coefficient (Wildman–Crippen LogP) is 1.94. The SMILES string of the molecule is O=C([C@@H]1O[C@H](CO)[C@H](O)[C@H](n2cc(-c3cc(F)c(F)c(F)c3)nn2)[C@H]1O)N(Cc1csc(Br)n1)[C@H]1CCCC[C@@H]1O. The van der Waals surface area contributed by atoms with Crippen LogP contribution in [0, 0.1) is 17.5 Å². The molecule has 0 unspecified atom stereocenters. The van der Waals surface area contributed by atoms with Crippen LogP contribution in [0.25, 0.3) is 11.3 Å². The molecule has 5 rings (SSSR count). The van der Waals surface area contributed by atoms with Crippen molar-refractivity contribution in [1.82, 2.24) is 24.9 Å². The van der Waals surface area contributed by atoms with Crippen LogP contribution in [-0.2, 0) is 16.1 Å². The molecule has 0 radical (unpaired) electrons. The van der Waals surface area contributed by atoms with Crippen molar-refractivity contribution in [1.29, 1.82) is 0 Å². The number of aromatic nitrogens is 4. The van der Waals surface area contributed by atoms with Gasteiger partial charge in [-0.1, -0.05) is 18.1 Å². The van der Waals surface area contributed by atoms with Crippen molar-refractivity contribution >= 4 is 33.2 Å². The van der Waals surface area contributed by atoms with Crippen LogP contribution in [0.5, 0.6) is 0 Å². The number of rotatable bonds is 7. The Morgan fingerprint density at radius 2 is 1.85 bits per heavy atom. The lowest BCUT2D eigenvalue weighted by molar-refractivity contribution is -0.214. The first-order chi connectivity index (χ1) is 19.6. The molecule has 16 heteroatoms. The minimum atomic E-state index is -1.72. The molecular formula is C25H27BrF3N5O6S. The fraction of sp³-hybridized carbons (Fsp3) is 0.520. The van der Waals surface area contributed by atoms with E-state index >= 15 is 0 Å². The van der Waals surface area contributed by atoms with Crippen molar-refractivity contribution in [2.45, 2.75) is 74.8 Å². The summed E-state index contributed by atoms with van der Waals surface area (Å²) in [7, 11) is 0. The van der Waals surface area contributed by atoms with Crippen molar-refractivity contribution < 1.29 is 43.1 Å². The van der Waals surface area contributed by atoms with Gasteiger partial charge in [-0.3, -0.25) is 4.79 Å². The van der Waals surface area contributed by atoms with Crippen LogP contribution >= 0.6 is 27.3 Å². The molecule has 222 valence electrons. The van der Waals surface area contributed by atoms with Gasteiger partial charge in [0.05, 0.1) is 37.2 Å². The molecule has 1 aliphatic heterocycles. The molecule has 1 aromatic carbocycles. The lowest BCUT2D eigenvalue weighted by atomic mass is 9.88. The van der Waals surface area contributed by atoms with Crippen LogP contribution in [0.15, 0.2) is 27.6 Å². The number of nitrogens with zero attached hydrogens (tertiary/aromatic N) is 5. The summed E-state index contributed by atoms with van der Waals surface area (Å²) < 4.78 is 48.4. The van der Waals surface area contributed by atoms with Crippen molar-refractivity contribution in [3.63, 3.8) is 0 Å². The Balaban J connectivity index is 1.46. The number of aliphatic hydroxyl groups excluding tert-OH is 4. The summed E-state index contributed by atoms with van der Waals surface area (Å²) in [5.74, 6) is -5.22. The number of halogens is 4. The van der Waals surface area contributed by atoms with E-state index in [4.69, 9.17) is 4.74 Å². The van der Waals surface area contributed by atoms with Crippen LogP contribution in [0.4, 0.5) is 13.2 Å². The normalized spacial score (nSPS) is 28.5. The molecule has 2 aromatic heterocycles. The number of benzene rings is 1. The third-order valence-corrected chi connectivity index (χ3v) is 8.88. The number of ether oxygens (including phenoxy) is 1. The molecule has 11 nitrogen and oxygen atoms in total. The standard InChI is InChI=1S/C25H27BrF3N5O6S/c26-25-30-12(10-41-25)7-33(16-3-1-2-4-17(16)36)24(39)23-22(38)20(21(37)18(9-35)40-23)34-8-15(31-32-34)11-5-13(27)19(29)14(28)6-11/h5-6,8,10,16-18,20-23,35-38H,1-4,7,9H2/t16-,17-,18+,20-,21-,22+,23+/m0/s1. The first-order valence-electron chi connectivity index (χ1n) is 12.9. The van der Waals surface area contributed by atoms with Gasteiger partial charge in [-0.2, -0.15) is 0 Å². The number of hydrogen-bond acceptors (Lipinski definition) is 10. The van der Waals surface area contributed by atoms with E-state index in [0.29, 0.717) is 22.5 Å². The van der Waals surface area contributed by atoms with Crippen LogP contribution in [0.3, 0.4) is 0 Å². The van der Waals surface area contributed by atoms with Gasteiger partial charge in [-0.25, -0.2) is 22.8 Å². The van der Waals surface area contributed by atoms with Crippen LogP contribution in [0.1, 0.15) is 37.4 Å². The zero-order chi connectivity index (χ0) is 29.4. The predicted molar refractivity (Wildman–Crippen MR) is 141 cm³/mol. The highest BCUT2D eigenvalue weighted by Crippen LogP contribution is 2.34. The Morgan fingerprint density at radius 3 is 2.49 bits per heavy atom. The maximum absolute atomic E-state index is 14.0. The van der Waals surface area contributed by atoms with E-state index in [9.17, 15) is 38.4 Å². The van der Waals surface area contributed by atoms with Crippen LogP contribution in [0.2, 0.25) is 0 Å². The quantitative estimate of drug-likeness (QED) is 0.278. The monoisotopic (exact) mass is 661 g/mol. The summed E-state index contributed by atoms with van der Waals surface area (Å²) in [6.45, 7) is -0.698. The molecule has 2 aliphatic rings. The minimum Gasteiger partial charge on any atom is -0.394 e. The second-order valence-electron chi connectivity index (χ2n) is 10.1. The van der Waals surface area contributed by atoms with E-state index in [1.807, 2.05) is 0 Å². The Morgan fingerprint density at radius 1 is 1.15 bits per heavy atom. The van der Waals surface area contributed by atoms with E-state index in [1.165, 1.54) is 22.4 Å². The van der Waals surface area contributed by atoms with Crippen molar-refractivity contribution in [2.75, 3.05) is 6.61 Å². The van der Waals surface area contributed by atoms with Gasteiger partial charge in [0, 0.05) is 10.9 Å². The first-order valence-corrected chi connectivity index (χ1v) is 14.5. The molecule has 4 N–H and O–H groups in total. The molecule has 7 atom stereocenters. The third-order valence-electron chi connectivity index (χ3n) is 7.46. The Labute approximate surface area is 244 Å². The average molecular weight is 662 g/mol. The summed E-state index contributed by atoms with van der Waals surface area (Å²) in [6, 6.07) is -0.530. The van der Waals surface area contributed by atoms with Gasteiger partial charge in [-0.05, 0) is 40.9 Å². The lowest BCUT2D eigenvalue weighted by Gasteiger charge is -2.45. The van der Waals surface area contributed by atoms with Gasteiger partial charge >= 0.3 is 0 Å². The highest BCUT2D eigenvalue weighted by Gasteiger charge is 2.50. The van der Waals surface area contributed by atoms with Crippen molar-refractivity contribution in [3.8, 4) is 11.3 Å². The number of carbonyl (C=O) groups is 1. The van der Waals surface area contributed by atoms with Gasteiger partial charge < -0.3 is 30.1 Å². The zero-order valence-electron chi connectivity index (χ0n) is 21.4. The molecule has 1 saturated carbocycles. The van der Waals surface area contributed by atoms with Gasteiger partial charge in [-0.15, -0.1) is 16.4 Å². The summed E-state index contributed by atoms with van der Waals surface area (Å²) in [5.41, 5.74) is 0.299. The number of carbonyl (C=O) groups excluding carboxylic acids is 1. The maximum Gasteiger partial charge on any atom is 0.255 e. The molecule has 1 amide bonds. The number of aliphatic hydroxyl groups is 4. The van der Waals surface area contributed by atoms with E-state index in [1.54, 1.807) is 5.38 Å². The van der Waals surface area contributed by atoms with Crippen molar-refractivity contribution in [2.24, 2.45) is 0 Å². The highest BCUT2D eigenvalue weighted by atomic mass is 79.9. The zero-order valence-corrected chi connectivity index (χ0v) is 23.8. The molecular weight excluding hydrogens is 635 g/mol. The van der Waals surface area contributed by atoms with Gasteiger partial charge in [0.15, 0.2) is 27.5 Å². The Bertz CT molecular complexity index is 1370. The van der Waals surface area contributed by atoms with E-state index in [0.717, 1.165) is 29.7 Å². The number of amides is 1. The van der Waals surface area contributed by atoms with Crippen LogP contribution < -0.4 is 0 Å². The van der Waals surface area contributed by atoms with Gasteiger partial charge in [0.25, 0.3) is 5.91 Å². The summed E-state index contributed by atoms with van der Waals surface area (Å²) in [5, 5.41) is 52.5. The summed E-state index contributed by atoms with van der Waals surface area (Å²) in [4.78, 5) is 19.8. The average Bonchev–Trinajstić information content (AvgIpc) is 3.60. The largest absolute Gasteiger partial charge is 0.394 e. The minimum absolute atomic E-state index is 0.0153. The molecule has 0 bridgehead atoms. The fourth-order valence-electron chi connectivity index (χ4n) is 5.38. The molecule has 1 aliphatic carbocycles. The molecule has 41 heavy (non-hydrogen) atoms.